The third-order valence-electron chi connectivity index (χ3n) is 2.25. The molecule has 0 nitrogen and oxygen atoms in total. The summed E-state index contributed by atoms with van der Waals surface area (Å²) in [5.74, 6) is 0.496. The number of hydrogen-bond donors (Lipinski definition) is 0. The first-order valence-electron chi connectivity index (χ1n) is 4.39. The van der Waals surface area contributed by atoms with Crippen LogP contribution >= 0.6 is 11.8 Å². The van der Waals surface area contributed by atoms with Crippen molar-refractivity contribution in [2.75, 3.05) is 6.26 Å². The Morgan fingerprint density at radius 3 is 2.15 bits per heavy atom. The van der Waals surface area contributed by atoms with Gasteiger partial charge in [0.1, 0.15) is 0 Å². The summed E-state index contributed by atoms with van der Waals surface area (Å²) in [6.07, 6.45) is 10.7. The number of hydrogen-bond acceptors (Lipinski definition) is 1. The summed E-state index contributed by atoms with van der Waals surface area (Å²) in [5.41, 5.74) is 1.38. The maximum atomic E-state index is 2.22. The van der Waals surface area contributed by atoms with E-state index >= 15 is 0 Å². The van der Waals surface area contributed by atoms with Crippen LogP contribution in [0.4, 0.5) is 0 Å². The maximum Gasteiger partial charge on any atom is 0.0204 e. The summed E-state index contributed by atoms with van der Waals surface area (Å²) in [5, 5.41) is 0. The zero-order valence-electron chi connectivity index (χ0n) is 7.60. The van der Waals surface area contributed by atoms with E-state index in [0.717, 1.165) is 0 Å². The third kappa shape index (κ3) is 1.86. The number of thioether (sulfide) groups is 1. The molecule has 0 saturated carbocycles. The number of benzene rings is 1. The Kier molecular flexibility index (Phi) is 2.55. The first kappa shape index (κ1) is 8.64. The van der Waals surface area contributed by atoms with Crippen molar-refractivity contribution in [1.29, 1.82) is 0 Å². The molecule has 0 fully saturated rings. The minimum absolute atomic E-state index is 0.496. The third-order valence-corrected chi connectivity index (χ3v) is 2.99. The van der Waals surface area contributed by atoms with Gasteiger partial charge in [0, 0.05) is 10.8 Å². The van der Waals surface area contributed by atoms with E-state index in [9.17, 15) is 0 Å². The van der Waals surface area contributed by atoms with Gasteiger partial charge in [0.2, 0.25) is 0 Å². The lowest BCUT2D eigenvalue weighted by atomic mass is 10.0. The monoisotopic (exact) mass is 188 g/mol. The molecular formula is C12H12S. The highest BCUT2D eigenvalue weighted by molar-refractivity contribution is 7.98. The molecule has 2 rings (SSSR count). The van der Waals surface area contributed by atoms with Gasteiger partial charge >= 0.3 is 0 Å². The molecule has 66 valence electrons. The van der Waals surface area contributed by atoms with Crippen LogP contribution in [0.5, 0.6) is 0 Å². The highest BCUT2D eigenvalue weighted by Crippen LogP contribution is 2.24. The predicted octanol–water partition coefficient (Wildman–Crippen LogP) is 3.62. The van der Waals surface area contributed by atoms with Gasteiger partial charge in [0.25, 0.3) is 0 Å². The van der Waals surface area contributed by atoms with Gasteiger partial charge in [-0.05, 0) is 24.0 Å². The maximum absolute atomic E-state index is 2.22. The Hall–Kier alpha value is -0.950. The second kappa shape index (κ2) is 3.84. The van der Waals surface area contributed by atoms with Gasteiger partial charge in [-0.3, -0.25) is 0 Å². The molecule has 1 aromatic rings. The molecule has 0 radical (unpaired) electrons. The fraction of sp³-hybridized carbons (Fsp3) is 0.167. The fourth-order valence-corrected chi connectivity index (χ4v) is 1.89. The van der Waals surface area contributed by atoms with Crippen LogP contribution in [-0.4, -0.2) is 6.26 Å². The molecule has 1 aromatic carbocycles. The molecule has 0 saturated heterocycles. The number of allylic oxidation sites excluding steroid dienone is 4. The minimum atomic E-state index is 0.496. The van der Waals surface area contributed by atoms with Crippen LogP contribution in [0.15, 0.2) is 53.5 Å². The first-order chi connectivity index (χ1) is 6.40. The largest absolute Gasteiger partial charge is 0.130 e. The lowest BCUT2D eigenvalue weighted by Gasteiger charge is -2.05. The van der Waals surface area contributed by atoms with E-state index in [1.165, 1.54) is 10.5 Å². The molecule has 1 heteroatoms. The Bertz CT molecular complexity index is 321. The van der Waals surface area contributed by atoms with E-state index in [4.69, 9.17) is 0 Å². The quantitative estimate of drug-likeness (QED) is 0.639. The van der Waals surface area contributed by atoms with Crippen LogP contribution in [0.2, 0.25) is 0 Å². The molecular weight excluding hydrogens is 176 g/mol. The fourth-order valence-electron chi connectivity index (χ4n) is 1.48. The second-order valence-electron chi connectivity index (χ2n) is 3.07. The highest BCUT2D eigenvalue weighted by Gasteiger charge is 2.05. The molecule has 0 spiro atoms. The topological polar surface area (TPSA) is 0 Å². The summed E-state index contributed by atoms with van der Waals surface area (Å²) in [7, 11) is 0. The van der Waals surface area contributed by atoms with Gasteiger partial charge in [-0.2, -0.15) is 0 Å². The lowest BCUT2D eigenvalue weighted by molar-refractivity contribution is 1.10. The molecule has 0 aliphatic heterocycles. The van der Waals surface area contributed by atoms with E-state index in [1.54, 1.807) is 11.8 Å². The van der Waals surface area contributed by atoms with E-state index < -0.39 is 0 Å². The first-order valence-corrected chi connectivity index (χ1v) is 5.61. The molecule has 13 heavy (non-hydrogen) atoms. The van der Waals surface area contributed by atoms with Crippen LogP contribution in [0.1, 0.15) is 11.5 Å². The van der Waals surface area contributed by atoms with Crippen LogP contribution in [0.3, 0.4) is 0 Å². The van der Waals surface area contributed by atoms with Crippen LogP contribution < -0.4 is 0 Å². The Labute approximate surface area is 83.4 Å². The molecule has 0 aromatic heterocycles. The van der Waals surface area contributed by atoms with Crippen molar-refractivity contribution in [2.24, 2.45) is 0 Å². The van der Waals surface area contributed by atoms with Crippen molar-refractivity contribution < 1.29 is 0 Å². The Morgan fingerprint density at radius 1 is 1.00 bits per heavy atom. The van der Waals surface area contributed by atoms with Crippen LogP contribution in [-0.2, 0) is 0 Å². The zero-order chi connectivity index (χ0) is 9.10. The SMILES string of the molecule is CSc1ccc(C2C=CC=C2)cc1. The average Bonchev–Trinajstić information content (AvgIpc) is 2.71. The van der Waals surface area contributed by atoms with Crippen molar-refractivity contribution in [1.82, 2.24) is 0 Å². The van der Waals surface area contributed by atoms with Crippen molar-refractivity contribution in [3.05, 3.63) is 54.1 Å². The van der Waals surface area contributed by atoms with Gasteiger partial charge in [0.15, 0.2) is 0 Å². The summed E-state index contributed by atoms with van der Waals surface area (Å²) in [6, 6.07) is 8.77. The second-order valence-corrected chi connectivity index (χ2v) is 3.95. The molecule has 1 aliphatic rings. The molecule has 0 atom stereocenters. The van der Waals surface area contributed by atoms with Crippen molar-refractivity contribution in [3.63, 3.8) is 0 Å². The summed E-state index contributed by atoms with van der Waals surface area (Å²) >= 11 is 1.78. The summed E-state index contributed by atoms with van der Waals surface area (Å²) in [6.45, 7) is 0. The van der Waals surface area contributed by atoms with Gasteiger partial charge < -0.3 is 0 Å². The van der Waals surface area contributed by atoms with Crippen molar-refractivity contribution >= 4 is 11.8 Å². The minimum Gasteiger partial charge on any atom is -0.130 e. The van der Waals surface area contributed by atoms with Crippen LogP contribution in [0.25, 0.3) is 0 Å². The Balaban J connectivity index is 2.22. The van der Waals surface area contributed by atoms with E-state index in [0.29, 0.717) is 5.92 Å². The Morgan fingerprint density at radius 2 is 1.62 bits per heavy atom. The molecule has 1 aliphatic carbocycles. The average molecular weight is 188 g/mol. The molecule has 0 N–H and O–H groups in total. The lowest BCUT2D eigenvalue weighted by Crippen LogP contribution is -1.87. The molecule has 0 bridgehead atoms. The van der Waals surface area contributed by atoms with Crippen LogP contribution in [0, 0.1) is 0 Å². The predicted molar refractivity (Wildman–Crippen MR) is 59.2 cm³/mol. The van der Waals surface area contributed by atoms with E-state index in [-0.39, 0.29) is 0 Å². The zero-order valence-corrected chi connectivity index (χ0v) is 8.42. The smallest absolute Gasteiger partial charge is 0.0204 e. The van der Waals surface area contributed by atoms with E-state index in [1.807, 2.05) is 0 Å². The molecule has 0 unspecified atom stereocenters. The standard InChI is InChI=1S/C12H12S/c1-13-12-8-6-11(7-9-12)10-4-2-3-5-10/h2-10H,1H3. The van der Waals surface area contributed by atoms with Gasteiger partial charge in [-0.25, -0.2) is 0 Å². The highest BCUT2D eigenvalue weighted by atomic mass is 32.2. The summed E-state index contributed by atoms with van der Waals surface area (Å²) in [4.78, 5) is 1.33. The summed E-state index contributed by atoms with van der Waals surface area (Å²) < 4.78 is 0. The molecule has 0 heterocycles. The van der Waals surface area contributed by atoms with Crippen molar-refractivity contribution in [2.45, 2.75) is 10.8 Å². The van der Waals surface area contributed by atoms with Crippen molar-refractivity contribution in [3.8, 4) is 0 Å². The van der Waals surface area contributed by atoms with Gasteiger partial charge in [0.05, 0.1) is 0 Å². The van der Waals surface area contributed by atoms with Gasteiger partial charge in [-0.15, -0.1) is 11.8 Å². The van der Waals surface area contributed by atoms with Gasteiger partial charge in [-0.1, -0.05) is 36.4 Å². The molecule has 0 amide bonds. The van der Waals surface area contributed by atoms with E-state index in [2.05, 4.69) is 54.8 Å². The number of rotatable bonds is 2. The normalized spacial score (nSPS) is 15.5.